The molecule has 1 N–H and O–H groups in total. The van der Waals surface area contributed by atoms with Gasteiger partial charge in [-0.2, -0.15) is 27.8 Å². The summed E-state index contributed by atoms with van der Waals surface area (Å²) in [6.07, 6.45) is -0.614. The van der Waals surface area contributed by atoms with Crippen molar-refractivity contribution in [3.8, 4) is 11.8 Å². The average Bonchev–Trinajstić information content (AvgIpc) is 3.13. The molecule has 1 aromatic carbocycles. The number of hydrogen-bond donors (Lipinski definition) is 1. The summed E-state index contributed by atoms with van der Waals surface area (Å²) in [6, 6.07) is 12.5. The van der Waals surface area contributed by atoms with Crippen LogP contribution >= 0.6 is 11.6 Å². The van der Waals surface area contributed by atoms with Gasteiger partial charge in [0.15, 0.2) is 5.82 Å². The number of anilines is 2. The molecule has 2 aromatic heterocycles. The molecule has 2 aliphatic heterocycles. The van der Waals surface area contributed by atoms with E-state index < -0.39 is 21.8 Å². The number of nitriles is 1. The fourth-order valence-electron chi connectivity index (χ4n) is 6.64. The van der Waals surface area contributed by atoms with Crippen LogP contribution in [0.2, 0.25) is 5.02 Å². The van der Waals surface area contributed by atoms with Crippen LogP contribution < -0.4 is 15.0 Å². The van der Waals surface area contributed by atoms with Gasteiger partial charge in [-0.3, -0.25) is 9.69 Å². The van der Waals surface area contributed by atoms with Crippen LogP contribution in [0.15, 0.2) is 48.7 Å². The minimum Gasteiger partial charge on any atom is -0.490 e. The van der Waals surface area contributed by atoms with E-state index in [1.807, 2.05) is 12.1 Å². The van der Waals surface area contributed by atoms with Crippen LogP contribution in [0, 0.1) is 17.2 Å². The van der Waals surface area contributed by atoms with Crippen LogP contribution in [0.1, 0.15) is 48.4 Å². The molecule has 53 heavy (non-hydrogen) atoms. The highest BCUT2D eigenvalue weighted by Gasteiger charge is 2.33. The van der Waals surface area contributed by atoms with Crippen molar-refractivity contribution < 1.29 is 35.9 Å². The number of amides is 1. The summed E-state index contributed by atoms with van der Waals surface area (Å²) < 4.78 is 77.9. The van der Waals surface area contributed by atoms with Crippen LogP contribution in [0.25, 0.3) is 0 Å². The zero-order chi connectivity index (χ0) is 37.6. The number of nitrogens with one attached hydrogen (secondary N) is 1. The van der Waals surface area contributed by atoms with Gasteiger partial charge in [0.25, 0.3) is 0 Å². The van der Waals surface area contributed by atoms with Gasteiger partial charge in [-0.1, -0.05) is 11.6 Å². The van der Waals surface area contributed by atoms with Crippen molar-refractivity contribution >= 4 is 39.2 Å². The summed E-state index contributed by atoms with van der Waals surface area (Å²) in [5, 5.41) is 20.8. The Morgan fingerprint density at radius 3 is 2.42 bits per heavy atom. The second-order valence-corrected chi connectivity index (χ2v) is 15.8. The number of rotatable bonds is 13. The number of likely N-dealkylation sites (tertiary alicyclic amines) is 1. The van der Waals surface area contributed by atoms with Crippen molar-refractivity contribution in [1.82, 2.24) is 24.4 Å². The average molecular weight is 777 g/mol. The van der Waals surface area contributed by atoms with Crippen molar-refractivity contribution in [2.45, 2.75) is 43.9 Å². The highest BCUT2D eigenvalue weighted by Crippen LogP contribution is 2.32. The van der Waals surface area contributed by atoms with E-state index in [1.165, 1.54) is 4.31 Å². The Balaban J connectivity index is 0.833. The summed E-state index contributed by atoms with van der Waals surface area (Å²) in [5.41, 5.74) is 0.432. The smallest absolute Gasteiger partial charge is 0.416 e. The first kappa shape index (κ1) is 38.6. The van der Waals surface area contributed by atoms with Gasteiger partial charge in [0, 0.05) is 69.9 Å². The van der Waals surface area contributed by atoms with E-state index in [1.54, 1.807) is 29.2 Å². The normalized spacial score (nSPS) is 20.4. The van der Waals surface area contributed by atoms with Crippen LogP contribution in [0.3, 0.4) is 0 Å². The predicted molar refractivity (Wildman–Crippen MR) is 190 cm³/mol. The monoisotopic (exact) mass is 776 g/mol. The zero-order valence-corrected chi connectivity index (χ0v) is 30.4. The first-order valence-electron chi connectivity index (χ1n) is 17.4. The molecule has 6 rings (SSSR count). The van der Waals surface area contributed by atoms with E-state index in [4.69, 9.17) is 26.3 Å². The second kappa shape index (κ2) is 16.9. The first-order chi connectivity index (χ1) is 25.4. The van der Waals surface area contributed by atoms with Crippen molar-refractivity contribution in [2.75, 3.05) is 75.0 Å². The molecule has 0 radical (unpaired) electrons. The van der Waals surface area contributed by atoms with Gasteiger partial charge in [-0.05, 0) is 62.1 Å². The molecular formula is C35H40ClF3N8O5S. The van der Waals surface area contributed by atoms with Crippen LogP contribution in [0.4, 0.5) is 24.8 Å². The number of piperazine rings is 1. The lowest BCUT2D eigenvalue weighted by atomic mass is 9.86. The molecule has 3 aliphatic rings. The molecule has 0 atom stereocenters. The van der Waals surface area contributed by atoms with Gasteiger partial charge < -0.3 is 19.7 Å². The second-order valence-electron chi connectivity index (χ2n) is 13.3. The lowest BCUT2D eigenvalue weighted by molar-refractivity contribution is -0.137. The Morgan fingerprint density at radius 2 is 1.75 bits per heavy atom. The maximum atomic E-state index is 13.1. The van der Waals surface area contributed by atoms with Gasteiger partial charge in [-0.15, -0.1) is 5.10 Å². The molecule has 2 saturated heterocycles. The third-order valence-corrected chi connectivity index (χ3v) is 11.9. The Bertz CT molecular complexity index is 1880. The molecule has 4 heterocycles. The fraction of sp³-hybridized carbons (Fsp3) is 0.514. The number of carbonyl (C=O) groups excluding carboxylic acids is 1. The molecule has 1 aliphatic carbocycles. The van der Waals surface area contributed by atoms with E-state index >= 15 is 0 Å². The van der Waals surface area contributed by atoms with Crippen molar-refractivity contribution in [3.05, 3.63) is 70.5 Å². The Morgan fingerprint density at radius 1 is 1.00 bits per heavy atom. The molecule has 1 amide bonds. The number of sulfonamides is 1. The Kier molecular flexibility index (Phi) is 12.3. The first-order valence-corrected chi connectivity index (χ1v) is 19.4. The molecular weight excluding hydrogens is 737 g/mol. The summed E-state index contributed by atoms with van der Waals surface area (Å²) in [5.74, 6) is 0.947. The number of aromatic nitrogens is 3. The molecule has 1 saturated carbocycles. The van der Waals surface area contributed by atoms with Crippen LogP contribution in [0.5, 0.6) is 5.75 Å². The molecule has 13 nitrogen and oxygen atoms in total. The summed E-state index contributed by atoms with van der Waals surface area (Å²) in [7, 11) is -3.58. The molecule has 3 aromatic rings. The third-order valence-electron chi connectivity index (χ3n) is 9.79. The van der Waals surface area contributed by atoms with Crippen molar-refractivity contribution in [2.24, 2.45) is 5.92 Å². The number of pyridine rings is 1. The minimum absolute atomic E-state index is 0.0318. The van der Waals surface area contributed by atoms with Gasteiger partial charge in [0.2, 0.25) is 15.9 Å². The van der Waals surface area contributed by atoms with Gasteiger partial charge in [0.1, 0.15) is 17.6 Å². The maximum Gasteiger partial charge on any atom is 0.416 e. The van der Waals surface area contributed by atoms with E-state index in [9.17, 15) is 26.4 Å². The third kappa shape index (κ3) is 10.1. The SMILES string of the molecule is N#Cc1ccc(OC2CCC(C(=O)Nc3ccc(C4CN(CCOCCS(=O)(=O)N5CCN(c6cc(C(F)(F)F)ccn6)CC5)C4)nn3)CC2)cc1Cl. The lowest BCUT2D eigenvalue weighted by Gasteiger charge is -2.38. The van der Waals surface area contributed by atoms with Crippen molar-refractivity contribution in [3.63, 3.8) is 0 Å². The Hall–Kier alpha value is -4.08. The summed E-state index contributed by atoms with van der Waals surface area (Å²) in [4.78, 5) is 20.8. The van der Waals surface area contributed by atoms with E-state index in [0.717, 1.165) is 50.0 Å². The van der Waals surface area contributed by atoms with Crippen molar-refractivity contribution in [1.29, 1.82) is 5.26 Å². The molecule has 0 bridgehead atoms. The predicted octanol–water partition coefficient (Wildman–Crippen LogP) is 4.56. The largest absolute Gasteiger partial charge is 0.490 e. The maximum absolute atomic E-state index is 13.1. The molecule has 284 valence electrons. The highest BCUT2D eigenvalue weighted by atomic mass is 35.5. The summed E-state index contributed by atoms with van der Waals surface area (Å²) in [6.45, 7) is 3.34. The lowest BCUT2D eigenvalue weighted by Crippen LogP contribution is -2.50. The quantitative estimate of drug-likeness (QED) is 0.243. The molecule has 0 unspecified atom stereocenters. The van der Waals surface area contributed by atoms with Crippen LogP contribution in [-0.4, -0.2) is 110 Å². The summed E-state index contributed by atoms with van der Waals surface area (Å²) >= 11 is 6.11. The molecule has 3 fully saturated rings. The van der Waals surface area contributed by atoms with Crippen LogP contribution in [-0.2, 0) is 25.7 Å². The number of ether oxygens (including phenoxy) is 2. The molecule has 0 spiro atoms. The number of benzene rings is 1. The fourth-order valence-corrected chi connectivity index (χ4v) is 8.16. The van der Waals surface area contributed by atoms with E-state index in [2.05, 4.69) is 25.4 Å². The number of alkyl halides is 3. The van der Waals surface area contributed by atoms with E-state index in [0.29, 0.717) is 48.1 Å². The number of hydrogen-bond acceptors (Lipinski definition) is 11. The highest BCUT2D eigenvalue weighted by molar-refractivity contribution is 7.89. The van der Waals surface area contributed by atoms with Gasteiger partial charge in [-0.25, -0.2) is 13.4 Å². The van der Waals surface area contributed by atoms with E-state index in [-0.39, 0.29) is 68.2 Å². The zero-order valence-electron chi connectivity index (χ0n) is 28.8. The Labute approximate surface area is 311 Å². The number of nitrogens with zero attached hydrogens (tertiary/aromatic N) is 7. The number of carbonyl (C=O) groups is 1. The standard InChI is InChI=1S/C35H40ClF3N8O5S/c36-30-20-29(6-3-25(30)21-40)52-28-4-1-24(2-5-28)34(48)42-32-8-7-31(43-44-32)26-22-45(23-26)15-16-51-17-18-53(49,50)47-13-11-46(12-14-47)33-19-27(9-10-41-33)35(37,38)39/h3,6-10,19-20,24,26,28H,1-2,4-5,11-18,22-23H2,(H,42,44,48). The van der Waals surface area contributed by atoms with Gasteiger partial charge in [0.05, 0.1) is 46.9 Å². The van der Waals surface area contributed by atoms with Gasteiger partial charge >= 0.3 is 6.18 Å². The minimum atomic E-state index is -4.48. The topological polar surface area (TPSA) is 154 Å². The molecule has 18 heteroatoms. The number of halogens is 4.